The van der Waals surface area contributed by atoms with Crippen LogP contribution in [-0.4, -0.2) is 71.3 Å². The van der Waals surface area contributed by atoms with Crippen LogP contribution < -0.4 is 0 Å². The molecule has 28 heavy (non-hydrogen) atoms. The zero-order valence-corrected chi connectivity index (χ0v) is 24.3. The highest BCUT2D eigenvalue weighted by atomic mass is 28.4. The van der Waals surface area contributed by atoms with Gasteiger partial charge in [-0.3, -0.25) is 0 Å². The van der Waals surface area contributed by atoms with Gasteiger partial charge in [-0.2, -0.15) is 0 Å². The van der Waals surface area contributed by atoms with Gasteiger partial charge in [0.05, 0.1) is 13.2 Å². The molecule has 0 aliphatic carbocycles. The summed E-state index contributed by atoms with van der Waals surface area (Å²) in [7, 11) is -7.20. The minimum absolute atomic E-state index is 0.279. The van der Waals surface area contributed by atoms with Crippen LogP contribution in [0.5, 0.6) is 0 Å². The van der Waals surface area contributed by atoms with Gasteiger partial charge in [-0.25, -0.2) is 0 Å². The van der Waals surface area contributed by atoms with Crippen molar-refractivity contribution in [1.29, 1.82) is 0 Å². The van der Waals surface area contributed by atoms with E-state index < -0.39 is 44.8 Å². The van der Waals surface area contributed by atoms with Gasteiger partial charge in [-0.15, -0.1) is 0 Å². The Morgan fingerprint density at radius 2 is 0.821 bits per heavy atom. The van der Waals surface area contributed by atoms with E-state index in [9.17, 15) is 0 Å². The lowest BCUT2D eigenvalue weighted by molar-refractivity contribution is -0.363. The predicted molar refractivity (Wildman–Crippen MR) is 125 cm³/mol. The molecule has 1 aliphatic rings. The Kier molecular flexibility index (Phi) is 8.58. The van der Waals surface area contributed by atoms with Crippen molar-refractivity contribution in [3.05, 3.63) is 0 Å². The van der Waals surface area contributed by atoms with Crippen molar-refractivity contribution >= 4 is 33.3 Å². The number of hydrogen-bond acceptors (Lipinski definition) is 6. The molecule has 1 aliphatic heterocycles. The van der Waals surface area contributed by atoms with E-state index in [4.69, 9.17) is 27.2 Å². The summed E-state index contributed by atoms with van der Waals surface area (Å²) in [6.45, 7) is 27.2. The molecule has 1 heterocycles. The molecule has 2 unspecified atom stereocenters. The summed E-state index contributed by atoms with van der Waals surface area (Å²) in [4.78, 5) is 0. The molecule has 1 rings (SSSR count). The Morgan fingerprint density at radius 1 is 0.536 bits per heavy atom. The zero-order valence-electron chi connectivity index (χ0n) is 20.3. The van der Waals surface area contributed by atoms with Crippen molar-refractivity contribution in [3.8, 4) is 0 Å². The smallest absolute Gasteiger partial charge is 0.205 e. The van der Waals surface area contributed by atoms with Crippen molar-refractivity contribution in [1.82, 2.24) is 0 Å². The highest BCUT2D eigenvalue weighted by Gasteiger charge is 2.50. The Morgan fingerprint density at radius 3 is 1.00 bits per heavy atom. The lowest BCUT2D eigenvalue weighted by Crippen LogP contribution is -2.64. The van der Waals surface area contributed by atoms with Crippen molar-refractivity contribution in [2.45, 2.75) is 90.1 Å². The second-order valence-electron chi connectivity index (χ2n) is 11.6. The van der Waals surface area contributed by atoms with Gasteiger partial charge in [0.25, 0.3) is 0 Å². The molecule has 0 amide bonds. The van der Waals surface area contributed by atoms with E-state index in [1.807, 2.05) is 0 Å². The van der Waals surface area contributed by atoms with Gasteiger partial charge in [0.2, 0.25) is 11.6 Å². The summed E-state index contributed by atoms with van der Waals surface area (Å²) in [5.74, 6) is -1.76. The Labute approximate surface area is 177 Å². The van der Waals surface area contributed by atoms with Gasteiger partial charge in [0, 0.05) is 0 Å². The molecule has 0 radical (unpaired) electrons. The van der Waals surface area contributed by atoms with Crippen LogP contribution in [-0.2, 0) is 27.2 Å². The second kappa shape index (κ2) is 9.01. The maximum atomic E-state index is 6.44. The molecule has 0 spiro atoms. The lowest BCUT2D eigenvalue weighted by Gasteiger charge is -2.50. The molecular formula is C18H44O6Si4. The number of hydrogen-bond donors (Lipinski definition) is 0. The molecule has 0 saturated carbocycles. The largest absolute Gasteiger partial charge is 0.412 e. The first kappa shape index (κ1) is 26.7. The van der Waals surface area contributed by atoms with E-state index in [1.165, 1.54) is 0 Å². The van der Waals surface area contributed by atoms with E-state index >= 15 is 0 Å². The SMILES string of the molecule is C[Si](C)(C)OCC1(O[Si](C)(C)C)COC(CO[Si](C)(C)C)(O[Si](C)(C)C)CO1. The fraction of sp³-hybridized carbons (Fsp3) is 1.00. The van der Waals surface area contributed by atoms with Crippen LogP contribution in [0.1, 0.15) is 0 Å². The van der Waals surface area contributed by atoms with E-state index in [0.717, 1.165) is 0 Å². The molecular weight excluding hydrogens is 425 g/mol. The van der Waals surface area contributed by atoms with Gasteiger partial charge < -0.3 is 27.2 Å². The Hall–Kier alpha value is 0.628. The quantitative estimate of drug-likeness (QED) is 0.428. The summed E-state index contributed by atoms with van der Waals surface area (Å²) < 4.78 is 38.0. The molecule has 0 aromatic carbocycles. The number of ether oxygens (including phenoxy) is 2. The van der Waals surface area contributed by atoms with Crippen molar-refractivity contribution in [2.75, 3.05) is 26.4 Å². The molecule has 168 valence electrons. The minimum Gasteiger partial charge on any atom is -0.412 e. The monoisotopic (exact) mass is 468 g/mol. The normalized spacial score (nSPS) is 27.9. The third-order valence-corrected chi connectivity index (χ3v) is 7.53. The van der Waals surface area contributed by atoms with Crippen molar-refractivity contribution in [2.24, 2.45) is 0 Å². The van der Waals surface area contributed by atoms with Gasteiger partial charge in [0.1, 0.15) is 13.2 Å². The average molecular weight is 469 g/mol. The molecule has 0 aromatic heterocycles. The summed E-state index contributed by atoms with van der Waals surface area (Å²) in [6, 6.07) is 0. The number of rotatable bonds is 10. The zero-order chi connectivity index (χ0) is 22.1. The molecule has 0 aromatic rings. The van der Waals surface area contributed by atoms with Crippen LogP contribution in [0.4, 0.5) is 0 Å². The molecule has 1 saturated heterocycles. The van der Waals surface area contributed by atoms with Crippen LogP contribution in [0.3, 0.4) is 0 Å². The van der Waals surface area contributed by atoms with Crippen LogP contribution in [0.15, 0.2) is 0 Å². The second-order valence-corrected chi connectivity index (χ2v) is 29.5. The molecule has 2 atom stereocenters. The molecule has 6 nitrogen and oxygen atoms in total. The molecule has 10 heteroatoms. The molecule has 0 N–H and O–H groups in total. The average Bonchev–Trinajstić information content (AvgIpc) is 2.42. The first-order valence-electron chi connectivity index (χ1n) is 10.2. The minimum atomic E-state index is -1.88. The van der Waals surface area contributed by atoms with E-state index in [0.29, 0.717) is 13.2 Å². The predicted octanol–water partition coefficient (Wildman–Crippen LogP) is 4.83. The van der Waals surface area contributed by atoms with E-state index in [-0.39, 0.29) is 13.2 Å². The Balaban J connectivity index is 3.01. The van der Waals surface area contributed by atoms with Crippen molar-refractivity contribution < 1.29 is 27.2 Å². The summed E-state index contributed by atoms with van der Waals surface area (Å²) in [5, 5.41) is 0. The maximum Gasteiger partial charge on any atom is 0.205 e. The molecule has 0 bridgehead atoms. The van der Waals surface area contributed by atoms with Gasteiger partial charge >= 0.3 is 0 Å². The van der Waals surface area contributed by atoms with E-state index in [2.05, 4.69) is 78.6 Å². The maximum absolute atomic E-state index is 6.44. The van der Waals surface area contributed by atoms with Crippen LogP contribution in [0, 0.1) is 0 Å². The van der Waals surface area contributed by atoms with Crippen LogP contribution in [0.25, 0.3) is 0 Å². The topological polar surface area (TPSA) is 55.4 Å². The fourth-order valence-electron chi connectivity index (χ4n) is 2.68. The fourth-order valence-corrected chi connectivity index (χ4v) is 6.57. The van der Waals surface area contributed by atoms with Gasteiger partial charge in [-0.1, -0.05) is 0 Å². The Bertz CT molecular complexity index is 448. The van der Waals surface area contributed by atoms with Gasteiger partial charge in [0.15, 0.2) is 33.3 Å². The van der Waals surface area contributed by atoms with Crippen LogP contribution in [0.2, 0.25) is 78.6 Å². The van der Waals surface area contributed by atoms with E-state index in [1.54, 1.807) is 0 Å². The third-order valence-electron chi connectivity index (χ3n) is 3.54. The highest BCUT2D eigenvalue weighted by Crippen LogP contribution is 2.34. The highest BCUT2D eigenvalue weighted by molar-refractivity contribution is 6.71. The van der Waals surface area contributed by atoms with Crippen LogP contribution >= 0.6 is 0 Å². The first-order valence-corrected chi connectivity index (χ1v) is 23.8. The standard InChI is InChI=1S/C18H44O6Si4/c1-25(2,3)21-15-17(23-27(7,8)9)13-20-18(14-19-17,24-28(10,11)12)16-22-26(4,5)6/h13-16H2,1-12H3. The lowest BCUT2D eigenvalue weighted by atomic mass is 10.2. The summed E-state index contributed by atoms with van der Waals surface area (Å²) >= 11 is 0. The third kappa shape index (κ3) is 10.6. The summed E-state index contributed by atoms with van der Waals surface area (Å²) in [6.07, 6.45) is 0. The van der Waals surface area contributed by atoms with Gasteiger partial charge in [-0.05, 0) is 78.6 Å². The molecule has 1 fully saturated rings. The summed E-state index contributed by atoms with van der Waals surface area (Å²) in [5.41, 5.74) is 0. The van der Waals surface area contributed by atoms with Crippen molar-refractivity contribution in [3.63, 3.8) is 0 Å². The first-order chi connectivity index (χ1) is 12.2.